The van der Waals surface area contributed by atoms with Crippen LogP contribution in [0.15, 0.2) is 54.6 Å². The molecule has 2 aromatic rings. The van der Waals surface area contributed by atoms with E-state index in [9.17, 15) is 9.59 Å². The lowest BCUT2D eigenvalue weighted by Crippen LogP contribution is -2.31. The average Bonchev–Trinajstić information content (AvgIpc) is 2.51. The van der Waals surface area contributed by atoms with Crippen molar-refractivity contribution < 1.29 is 14.4 Å². The van der Waals surface area contributed by atoms with Crippen LogP contribution in [0.3, 0.4) is 0 Å². The minimum absolute atomic E-state index is 0.365. The molecule has 0 bridgehead atoms. The standard InChI is InChI=1S/C18H17NO3/c1-14(20)19(22-15(2)21)18-11-7-6-10-17(18)13-12-16-8-4-3-5-9-16/h3-13H,1-2H3. The number of hydroxylamine groups is 1. The molecule has 4 heteroatoms. The van der Waals surface area contributed by atoms with Crippen molar-refractivity contribution >= 4 is 29.7 Å². The number of para-hydroxylation sites is 1. The number of nitrogens with zero attached hydrogens (tertiary/aromatic N) is 1. The third-order valence-electron chi connectivity index (χ3n) is 2.92. The van der Waals surface area contributed by atoms with E-state index in [0.717, 1.165) is 16.2 Å². The van der Waals surface area contributed by atoms with Crippen LogP contribution in [0.4, 0.5) is 5.69 Å². The van der Waals surface area contributed by atoms with Crippen molar-refractivity contribution in [2.75, 3.05) is 5.06 Å². The summed E-state index contributed by atoms with van der Waals surface area (Å²) in [4.78, 5) is 27.9. The Morgan fingerprint density at radius 3 is 2.18 bits per heavy atom. The summed E-state index contributed by atoms with van der Waals surface area (Å²) in [5.74, 6) is -0.909. The van der Waals surface area contributed by atoms with Gasteiger partial charge in [0.25, 0.3) is 5.91 Å². The van der Waals surface area contributed by atoms with E-state index in [1.165, 1.54) is 13.8 Å². The van der Waals surface area contributed by atoms with E-state index in [0.29, 0.717) is 5.69 Å². The van der Waals surface area contributed by atoms with Crippen LogP contribution in [0.2, 0.25) is 0 Å². The second kappa shape index (κ2) is 7.22. The van der Waals surface area contributed by atoms with Crippen LogP contribution in [0, 0.1) is 0 Å². The van der Waals surface area contributed by atoms with Gasteiger partial charge in [0.2, 0.25) is 0 Å². The number of anilines is 1. The van der Waals surface area contributed by atoms with Gasteiger partial charge < -0.3 is 4.84 Å². The van der Waals surface area contributed by atoms with Gasteiger partial charge in [0, 0.05) is 19.4 Å². The second-order valence-corrected chi connectivity index (χ2v) is 4.70. The molecule has 0 fully saturated rings. The van der Waals surface area contributed by atoms with Gasteiger partial charge in [-0.3, -0.25) is 4.79 Å². The topological polar surface area (TPSA) is 46.6 Å². The highest BCUT2D eigenvalue weighted by Crippen LogP contribution is 2.23. The van der Waals surface area contributed by atoms with Crippen LogP contribution in [0.25, 0.3) is 12.2 Å². The zero-order chi connectivity index (χ0) is 15.9. The SMILES string of the molecule is CC(=O)ON(C(C)=O)c1ccccc1C=Cc1ccccc1. The highest BCUT2D eigenvalue weighted by atomic mass is 16.7. The summed E-state index contributed by atoms with van der Waals surface area (Å²) in [7, 11) is 0. The van der Waals surface area contributed by atoms with Gasteiger partial charge in [-0.25, -0.2) is 4.79 Å². The Morgan fingerprint density at radius 2 is 1.55 bits per heavy atom. The lowest BCUT2D eigenvalue weighted by molar-refractivity contribution is -0.147. The van der Waals surface area contributed by atoms with Gasteiger partial charge in [-0.2, -0.15) is 0 Å². The van der Waals surface area contributed by atoms with Crippen LogP contribution in [-0.2, 0) is 14.4 Å². The Morgan fingerprint density at radius 1 is 0.909 bits per heavy atom. The Kier molecular flexibility index (Phi) is 5.09. The molecule has 2 rings (SSSR count). The van der Waals surface area contributed by atoms with E-state index in [4.69, 9.17) is 4.84 Å². The molecule has 22 heavy (non-hydrogen) atoms. The minimum atomic E-state index is -0.544. The number of carbonyl (C=O) groups is 2. The van der Waals surface area contributed by atoms with Crippen molar-refractivity contribution in [1.29, 1.82) is 0 Å². The van der Waals surface area contributed by atoms with E-state index in [-0.39, 0.29) is 5.91 Å². The van der Waals surface area contributed by atoms with Gasteiger partial charge in [-0.15, -0.1) is 5.06 Å². The maximum Gasteiger partial charge on any atom is 0.330 e. The number of rotatable bonds is 3. The van der Waals surface area contributed by atoms with Gasteiger partial charge in [-0.1, -0.05) is 60.7 Å². The van der Waals surface area contributed by atoms with Crippen molar-refractivity contribution in [1.82, 2.24) is 0 Å². The molecule has 0 aromatic heterocycles. The third-order valence-corrected chi connectivity index (χ3v) is 2.92. The molecular formula is C18H17NO3. The first-order valence-electron chi connectivity index (χ1n) is 6.89. The summed E-state index contributed by atoms with van der Waals surface area (Å²) < 4.78 is 0. The van der Waals surface area contributed by atoms with Crippen LogP contribution in [-0.4, -0.2) is 11.9 Å². The van der Waals surface area contributed by atoms with Crippen LogP contribution < -0.4 is 5.06 Å². The summed E-state index contributed by atoms with van der Waals surface area (Å²) in [6, 6.07) is 17.0. The molecule has 2 aromatic carbocycles. The Bertz CT molecular complexity index is 692. The summed E-state index contributed by atoms with van der Waals surface area (Å²) in [5.41, 5.74) is 2.35. The zero-order valence-electron chi connectivity index (χ0n) is 12.5. The van der Waals surface area contributed by atoms with Gasteiger partial charge in [0.1, 0.15) is 0 Å². The lowest BCUT2D eigenvalue weighted by atomic mass is 10.1. The van der Waals surface area contributed by atoms with Crippen molar-refractivity contribution in [3.63, 3.8) is 0 Å². The van der Waals surface area contributed by atoms with E-state index in [2.05, 4.69) is 0 Å². The van der Waals surface area contributed by atoms with Crippen LogP contribution in [0.1, 0.15) is 25.0 Å². The van der Waals surface area contributed by atoms with Gasteiger partial charge >= 0.3 is 5.97 Å². The minimum Gasteiger partial charge on any atom is -0.333 e. The maximum atomic E-state index is 11.7. The van der Waals surface area contributed by atoms with Gasteiger partial charge in [0.05, 0.1) is 5.69 Å². The summed E-state index contributed by atoms with van der Waals surface area (Å²) >= 11 is 0. The van der Waals surface area contributed by atoms with Crippen molar-refractivity contribution in [3.8, 4) is 0 Å². The Labute approximate surface area is 129 Å². The molecule has 4 nitrogen and oxygen atoms in total. The summed E-state index contributed by atoms with van der Waals surface area (Å²) in [5, 5.41) is 1.01. The molecule has 0 saturated heterocycles. The molecule has 1 amide bonds. The van der Waals surface area contributed by atoms with Crippen molar-refractivity contribution in [3.05, 3.63) is 65.7 Å². The Hall–Kier alpha value is -2.88. The third kappa shape index (κ3) is 4.06. The molecule has 0 aliphatic heterocycles. The molecule has 0 heterocycles. The Balaban J connectivity index is 2.35. The predicted octanol–water partition coefficient (Wildman–Crippen LogP) is 3.69. The molecule has 0 unspecified atom stereocenters. The molecule has 0 saturated carbocycles. The molecule has 0 aliphatic carbocycles. The molecule has 0 spiro atoms. The largest absolute Gasteiger partial charge is 0.333 e. The number of hydrogen-bond donors (Lipinski definition) is 0. The molecule has 112 valence electrons. The van der Waals surface area contributed by atoms with Crippen molar-refractivity contribution in [2.24, 2.45) is 0 Å². The fraction of sp³-hybridized carbons (Fsp3) is 0.111. The first kappa shape index (κ1) is 15.5. The first-order valence-corrected chi connectivity index (χ1v) is 6.89. The average molecular weight is 295 g/mol. The van der Waals surface area contributed by atoms with Gasteiger partial charge in [-0.05, 0) is 11.6 Å². The van der Waals surface area contributed by atoms with E-state index in [1.807, 2.05) is 54.6 Å². The van der Waals surface area contributed by atoms with E-state index in [1.54, 1.807) is 12.1 Å². The normalized spacial score (nSPS) is 10.5. The van der Waals surface area contributed by atoms with Gasteiger partial charge in [0.15, 0.2) is 0 Å². The van der Waals surface area contributed by atoms with Crippen LogP contribution >= 0.6 is 0 Å². The molecule has 0 radical (unpaired) electrons. The lowest BCUT2D eigenvalue weighted by Gasteiger charge is -2.20. The summed E-state index contributed by atoms with van der Waals surface area (Å²) in [6.45, 7) is 2.61. The monoisotopic (exact) mass is 295 g/mol. The summed E-state index contributed by atoms with van der Waals surface area (Å²) in [6.07, 6.45) is 3.81. The predicted molar refractivity (Wildman–Crippen MR) is 86.7 cm³/mol. The molecule has 0 atom stereocenters. The highest BCUT2D eigenvalue weighted by Gasteiger charge is 2.17. The quantitative estimate of drug-likeness (QED) is 0.641. The first-order chi connectivity index (χ1) is 10.6. The van der Waals surface area contributed by atoms with Crippen molar-refractivity contribution in [2.45, 2.75) is 13.8 Å². The van der Waals surface area contributed by atoms with Crippen LogP contribution in [0.5, 0.6) is 0 Å². The fourth-order valence-corrected chi connectivity index (χ4v) is 1.98. The molecule has 0 aliphatic rings. The second-order valence-electron chi connectivity index (χ2n) is 4.70. The number of carbonyl (C=O) groups excluding carboxylic acids is 2. The number of benzene rings is 2. The smallest absolute Gasteiger partial charge is 0.330 e. The number of hydrogen-bond acceptors (Lipinski definition) is 3. The highest BCUT2D eigenvalue weighted by molar-refractivity contribution is 5.94. The number of amides is 1. The van der Waals surface area contributed by atoms with E-state index < -0.39 is 5.97 Å². The zero-order valence-corrected chi connectivity index (χ0v) is 12.5. The molecular weight excluding hydrogens is 278 g/mol. The maximum absolute atomic E-state index is 11.7. The van der Waals surface area contributed by atoms with E-state index >= 15 is 0 Å². The molecule has 0 N–H and O–H groups in total. The fourth-order valence-electron chi connectivity index (χ4n) is 1.98.